The Kier molecular flexibility index (Phi) is 9.13. The lowest BCUT2D eigenvalue weighted by atomic mass is 9.86. The zero-order valence-corrected chi connectivity index (χ0v) is 22.6. The van der Waals surface area contributed by atoms with Gasteiger partial charge in [0.1, 0.15) is 0 Å². The minimum absolute atomic E-state index is 0.569. The number of rotatable bonds is 11. The Bertz CT molecular complexity index is 1280. The Morgan fingerprint density at radius 2 is 1.65 bits per heavy atom. The van der Waals surface area contributed by atoms with E-state index in [9.17, 15) is 0 Å². The molecule has 1 aliphatic rings. The van der Waals surface area contributed by atoms with Crippen molar-refractivity contribution in [2.75, 3.05) is 6.54 Å². The smallest absolute Gasteiger partial charge is 0.161 e. The molecule has 0 heterocycles. The van der Waals surface area contributed by atoms with Crippen LogP contribution in [0.4, 0.5) is 17.1 Å². The summed E-state index contributed by atoms with van der Waals surface area (Å²) >= 11 is 0. The van der Waals surface area contributed by atoms with E-state index in [0.717, 1.165) is 47.6 Å². The molecule has 0 saturated heterocycles. The number of unbranched alkanes of at least 4 members (excludes halogenated alkanes) is 1. The van der Waals surface area contributed by atoms with Gasteiger partial charge in [0.15, 0.2) is 5.66 Å². The second-order valence-electron chi connectivity index (χ2n) is 10.0. The topological polar surface area (TPSA) is 61.5 Å². The Hall–Kier alpha value is -3.44. The molecule has 0 amide bonds. The van der Waals surface area contributed by atoms with Crippen molar-refractivity contribution in [2.45, 2.75) is 65.5 Å². The van der Waals surface area contributed by atoms with Gasteiger partial charge in [0.2, 0.25) is 0 Å². The maximum absolute atomic E-state index is 5.02. The van der Waals surface area contributed by atoms with Crippen LogP contribution in [0.25, 0.3) is 6.08 Å². The first kappa shape index (κ1) is 26.6. The molecular formula is C32H39N5. The van der Waals surface area contributed by atoms with Crippen molar-refractivity contribution in [2.24, 2.45) is 26.4 Å². The largest absolute Gasteiger partial charge is 0.287 e. The molecule has 0 aliphatic heterocycles. The third kappa shape index (κ3) is 6.66. The van der Waals surface area contributed by atoms with Crippen molar-refractivity contribution < 1.29 is 0 Å². The number of hydrogen-bond acceptors (Lipinski definition) is 5. The zero-order valence-electron chi connectivity index (χ0n) is 22.6. The number of nitrogens with one attached hydrogen (secondary N) is 1. The Balaban J connectivity index is 1.59. The van der Waals surface area contributed by atoms with Gasteiger partial charge in [0.25, 0.3) is 0 Å². The van der Waals surface area contributed by atoms with Crippen LogP contribution in [0.2, 0.25) is 0 Å². The summed E-state index contributed by atoms with van der Waals surface area (Å²) in [6, 6.07) is 22.5. The Morgan fingerprint density at radius 3 is 2.43 bits per heavy atom. The van der Waals surface area contributed by atoms with Crippen LogP contribution in [0.1, 0.15) is 68.2 Å². The number of aryl methyl sites for hydroxylation is 2. The van der Waals surface area contributed by atoms with Gasteiger partial charge in [-0.25, -0.2) is 0 Å². The van der Waals surface area contributed by atoms with Crippen LogP contribution in [0, 0.1) is 19.8 Å². The first-order chi connectivity index (χ1) is 18.0. The molecule has 3 aromatic rings. The molecule has 5 heteroatoms. The summed E-state index contributed by atoms with van der Waals surface area (Å²) in [6.45, 7) is 9.56. The minimum Gasteiger partial charge on any atom is -0.287 e. The first-order valence-corrected chi connectivity index (χ1v) is 13.6. The molecule has 2 unspecified atom stereocenters. The maximum atomic E-state index is 5.02. The Labute approximate surface area is 221 Å². The van der Waals surface area contributed by atoms with Gasteiger partial charge < -0.3 is 0 Å². The molecule has 2 atom stereocenters. The number of nitrogens with zero attached hydrogens (tertiary/aromatic N) is 4. The quantitative estimate of drug-likeness (QED) is 0.265. The molecule has 0 aromatic heterocycles. The van der Waals surface area contributed by atoms with Crippen molar-refractivity contribution in [1.29, 1.82) is 0 Å². The van der Waals surface area contributed by atoms with Gasteiger partial charge in [0.05, 0.1) is 17.1 Å². The van der Waals surface area contributed by atoms with Gasteiger partial charge in [-0.15, -0.1) is 0 Å². The van der Waals surface area contributed by atoms with Crippen molar-refractivity contribution in [1.82, 2.24) is 5.32 Å². The fourth-order valence-electron chi connectivity index (χ4n) is 4.78. The summed E-state index contributed by atoms with van der Waals surface area (Å²) in [5.74, 6) is 0.629. The van der Waals surface area contributed by atoms with Crippen LogP contribution in [-0.2, 0) is 5.66 Å². The van der Waals surface area contributed by atoms with E-state index in [0.29, 0.717) is 5.92 Å². The predicted octanol–water partition coefficient (Wildman–Crippen LogP) is 9.88. The molecule has 37 heavy (non-hydrogen) atoms. The van der Waals surface area contributed by atoms with Gasteiger partial charge in [-0.2, -0.15) is 20.5 Å². The lowest BCUT2D eigenvalue weighted by Gasteiger charge is -2.34. The van der Waals surface area contributed by atoms with E-state index < -0.39 is 5.66 Å². The first-order valence-electron chi connectivity index (χ1n) is 13.6. The van der Waals surface area contributed by atoms with E-state index in [1.54, 1.807) is 0 Å². The van der Waals surface area contributed by atoms with E-state index >= 15 is 0 Å². The third-order valence-corrected chi connectivity index (χ3v) is 7.24. The van der Waals surface area contributed by atoms with Gasteiger partial charge in [-0.05, 0) is 67.1 Å². The molecule has 0 bridgehead atoms. The van der Waals surface area contributed by atoms with Crippen LogP contribution in [-0.4, -0.2) is 6.54 Å². The third-order valence-electron chi connectivity index (χ3n) is 7.24. The predicted molar refractivity (Wildman–Crippen MR) is 154 cm³/mol. The normalized spacial score (nSPS) is 17.9. The highest BCUT2D eigenvalue weighted by Gasteiger charge is 2.35. The summed E-state index contributed by atoms with van der Waals surface area (Å²) in [5.41, 5.74) is 6.48. The number of benzene rings is 3. The SMILES string of the molecule is CCCCC(CC)CNC1(N=Nc2ccc(N=Nc3ccccc3C)cc2C)CC=Cc2ccccc21. The molecule has 4 rings (SSSR count). The molecule has 0 spiro atoms. The zero-order chi connectivity index (χ0) is 26.1. The van der Waals surface area contributed by atoms with E-state index in [1.807, 2.05) is 56.3 Å². The average Bonchev–Trinajstić information content (AvgIpc) is 2.92. The number of azo groups is 2. The molecule has 0 saturated carbocycles. The standard InChI is InChI=1S/C32H39N5/c1-5-7-14-26(6-2)23-33-32(21-12-16-27-15-9-10-17-29(27)32)37-36-31-20-19-28(22-25(31)4)34-35-30-18-11-8-13-24(30)3/h8-13,15-20,22,26,33H,5-7,14,21,23H2,1-4H3. The van der Waals surface area contributed by atoms with Crippen LogP contribution in [0.3, 0.4) is 0 Å². The van der Waals surface area contributed by atoms with Crippen molar-refractivity contribution in [3.8, 4) is 0 Å². The van der Waals surface area contributed by atoms with Crippen LogP contribution < -0.4 is 5.32 Å². The van der Waals surface area contributed by atoms with Gasteiger partial charge in [-0.3, -0.25) is 5.32 Å². The molecule has 0 radical (unpaired) electrons. The van der Waals surface area contributed by atoms with E-state index in [4.69, 9.17) is 10.2 Å². The van der Waals surface area contributed by atoms with E-state index in [-0.39, 0.29) is 0 Å². The average molecular weight is 494 g/mol. The number of hydrogen-bond donors (Lipinski definition) is 1. The molecule has 192 valence electrons. The number of fused-ring (bicyclic) bond motifs is 1. The highest BCUT2D eigenvalue weighted by atomic mass is 15.3. The molecule has 5 nitrogen and oxygen atoms in total. The second-order valence-corrected chi connectivity index (χ2v) is 10.0. The van der Waals surface area contributed by atoms with Crippen LogP contribution in [0.15, 0.2) is 93.3 Å². The van der Waals surface area contributed by atoms with Crippen LogP contribution >= 0.6 is 0 Å². The van der Waals surface area contributed by atoms with Crippen molar-refractivity contribution >= 4 is 23.1 Å². The molecule has 3 aromatic carbocycles. The molecule has 0 fully saturated rings. The summed E-state index contributed by atoms with van der Waals surface area (Å²) in [6.07, 6.45) is 10.1. The maximum Gasteiger partial charge on any atom is 0.161 e. The Morgan fingerprint density at radius 1 is 0.865 bits per heavy atom. The summed E-state index contributed by atoms with van der Waals surface area (Å²) in [5, 5.41) is 22.5. The molecular weight excluding hydrogens is 454 g/mol. The summed E-state index contributed by atoms with van der Waals surface area (Å²) in [4.78, 5) is 0. The van der Waals surface area contributed by atoms with Gasteiger partial charge >= 0.3 is 0 Å². The summed E-state index contributed by atoms with van der Waals surface area (Å²) < 4.78 is 0. The lowest BCUT2D eigenvalue weighted by molar-refractivity contribution is 0.291. The fraction of sp³-hybridized carbons (Fsp3) is 0.375. The molecule has 1 aliphatic carbocycles. The highest BCUT2D eigenvalue weighted by Crippen LogP contribution is 2.37. The highest BCUT2D eigenvalue weighted by molar-refractivity contribution is 5.59. The fourth-order valence-corrected chi connectivity index (χ4v) is 4.78. The van der Waals surface area contributed by atoms with Gasteiger partial charge in [0, 0.05) is 18.5 Å². The lowest BCUT2D eigenvalue weighted by Crippen LogP contribution is -2.44. The monoisotopic (exact) mass is 493 g/mol. The van der Waals surface area contributed by atoms with Crippen LogP contribution in [0.5, 0.6) is 0 Å². The molecule has 1 N–H and O–H groups in total. The van der Waals surface area contributed by atoms with E-state index in [1.165, 1.54) is 30.4 Å². The van der Waals surface area contributed by atoms with Crippen molar-refractivity contribution in [3.63, 3.8) is 0 Å². The van der Waals surface area contributed by atoms with Crippen molar-refractivity contribution in [3.05, 3.63) is 95.1 Å². The van der Waals surface area contributed by atoms with E-state index in [2.05, 4.69) is 65.8 Å². The minimum atomic E-state index is -0.569. The summed E-state index contributed by atoms with van der Waals surface area (Å²) in [7, 11) is 0. The van der Waals surface area contributed by atoms with Gasteiger partial charge in [-0.1, -0.05) is 87.7 Å². The second kappa shape index (κ2) is 12.7.